The first kappa shape index (κ1) is 12.4. The lowest BCUT2D eigenvalue weighted by atomic mass is 10.2. The Morgan fingerprint density at radius 1 is 1.50 bits per heavy atom. The first-order valence-corrected chi connectivity index (χ1v) is 5.18. The number of nitrogens with two attached hydrogens (primary N) is 1. The van der Waals surface area contributed by atoms with Gasteiger partial charge in [-0.15, -0.1) is 0 Å². The Balaban J connectivity index is 3.04. The number of aryl methyl sites for hydroxylation is 1. The third-order valence-corrected chi connectivity index (χ3v) is 2.44. The summed E-state index contributed by atoms with van der Waals surface area (Å²) >= 11 is 0. The zero-order chi connectivity index (χ0) is 12.3. The fourth-order valence-electron chi connectivity index (χ4n) is 1.30. The smallest absolute Gasteiger partial charge is 0.254 e. The molecule has 1 aromatic heterocycles. The van der Waals surface area contributed by atoms with Gasteiger partial charge in [-0.1, -0.05) is 0 Å². The topological polar surface area (TPSA) is 71.2 Å². The van der Waals surface area contributed by atoms with E-state index in [0.717, 1.165) is 5.69 Å². The van der Waals surface area contributed by atoms with Gasteiger partial charge < -0.3 is 10.3 Å². The van der Waals surface area contributed by atoms with E-state index >= 15 is 0 Å². The van der Waals surface area contributed by atoms with Gasteiger partial charge in [0.2, 0.25) is 0 Å². The normalized spacial score (nSPS) is 10.4. The maximum Gasteiger partial charge on any atom is 0.254 e. The summed E-state index contributed by atoms with van der Waals surface area (Å²) in [6.45, 7) is 5.76. The van der Waals surface area contributed by atoms with E-state index in [0.29, 0.717) is 11.4 Å². The predicted octanol–water partition coefficient (Wildman–Crippen LogP) is 1.16. The molecule has 5 heteroatoms. The molecule has 1 amide bonds. The van der Waals surface area contributed by atoms with Crippen molar-refractivity contribution in [1.29, 1.82) is 0 Å². The SMILES string of the molecule is Cc1cc(C(=O)N(C)C(C)C)cc(NN)n1. The molecule has 16 heavy (non-hydrogen) atoms. The minimum atomic E-state index is -0.0306. The summed E-state index contributed by atoms with van der Waals surface area (Å²) in [5.41, 5.74) is 3.80. The van der Waals surface area contributed by atoms with Crippen molar-refractivity contribution in [3.63, 3.8) is 0 Å². The van der Waals surface area contributed by atoms with Gasteiger partial charge in [0, 0.05) is 24.3 Å². The van der Waals surface area contributed by atoms with Crippen LogP contribution >= 0.6 is 0 Å². The highest BCUT2D eigenvalue weighted by Crippen LogP contribution is 2.12. The van der Waals surface area contributed by atoms with Gasteiger partial charge in [-0.2, -0.15) is 0 Å². The number of aromatic nitrogens is 1. The van der Waals surface area contributed by atoms with Crippen molar-refractivity contribution in [2.24, 2.45) is 5.84 Å². The zero-order valence-electron chi connectivity index (χ0n) is 10.1. The van der Waals surface area contributed by atoms with Gasteiger partial charge in [-0.05, 0) is 32.9 Å². The lowest BCUT2D eigenvalue weighted by Gasteiger charge is -2.21. The molecule has 3 N–H and O–H groups in total. The standard InChI is InChI=1S/C11H18N4O/c1-7(2)15(4)11(16)9-5-8(3)13-10(6-9)14-12/h5-7H,12H2,1-4H3,(H,13,14). The molecular formula is C11H18N4O. The molecule has 0 unspecified atom stereocenters. The van der Waals surface area contributed by atoms with Gasteiger partial charge in [0.1, 0.15) is 5.82 Å². The van der Waals surface area contributed by atoms with Crippen LogP contribution in [0.5, 0.6) is 0 Å². The molecule has 0 saturated heterocycles. The van der Waals surface area contributed by atoms with Crippen LogP contribution in [0.15, 0.2) is 12.1 Å². The van der Waals surface area contributed by atoms with Crippen LogP contribution in [0, 0.1) is 6.92 Å². The molecule has 0 spiro atoms. The summed E-state index contributed by atoms with van der Waals surface area (Å²) < 4.78 is 0. The van der Waals surface area contributed by atoms with E-state index in [9.17, 15) is 4.79 Å². The first-order valence-electron chi connectivity index (χ1n) is 5.18. The van der Waals surface area contributed by atoms with Gasteiger partial charge >= 0.3 is 0 Å². The number of amides is 1. The van der Waals surface area contributed by atoms with Gasteiger partial charge in [0.25, 0.3) is 5.91 Å². The summed E-state index contributed by atoms with van der Waals surface area (Å²) in [6.07, 6.45) is 0. The van der Waals surface area contributed by atoms with Crippen LogP contribution in [-0.4, -0.2) is 28.9 Å². The molecule has 0 aliphatic rings. The molecule has 0 radical (unpaired) electrons. The highest BCUT2D eigenvalue weighted by atomic mass is 16.2. The largest absolute Gasteiger partial charge is 0.339 e. The van der Waals surface area contributed by atoms with E-state index in [1.54, 1.807) is 24.1 Å². The monoisotopic (exact) mass is 222 g/mol. The minimum Gasteiger partial charge on any atom is -0.339 e. The van der Waals surface area contributed by atoms with Crippen molar-refractivity contribution in [2.75, 3.05) is 12.5 Å². The van der Waals surface area contributed by atoms with Crippen molar-refractivity contribution in [3.05, 3.63) is 23.4 Å². The average molecular weight is 222 g/mol. The number of pyridine rings is 1. The highest BCUT2D eigenvalue weighted by molar-refractivity contribution is 5.95. The van der Waals surface area contributed by atoms with Crippen LogP contribution < -0.4 is 11.3 Å². The Morgan fingerprint density at radius 2 is 2.12 bits per heavy atom. The third-order valence-electron chi connectivity index (χ3n) is 2.44. The molecule has 1 rings (SSSR count). The first-order chi connectivity index (χ1) is 7.45. The maximum absolute atomic E-state index is 12.0. The molecule has 0 fully saturated rings. The third kappa shape index (κ3) is 2.70. The molecule has 1 aromatic rings. The lowest BCUT2D eigenvalue weighted by Crippen LogP contribution is -2.33. The molecule has 0 saturated carbocycles. The second-order valence-electron chi connectivity index (χ2n) is 4.04. The Labute approximate surface area is 95.6 Å². The van der Waals surface area contributed by atoms with Gasteiger partial charge in [-0.3, -0.25) is 4.79 Å². The van der Waals surface area contributed by atoms with Crippen molar-refractivity contribution < 1.29 is 4.79 Å². The van der Waals surface area contributed by atoms with Crippen molar-refractivity contribution in [3.8, 4) is 0 Å². The molecule has 0 aromatic carbocycles. The number of hydrogen-bond donors (Lipinski definition) is 2. The predicted molar refractivity (Wildman–Crippen MR) is 64.0 cm³/mol. The van der Waals surface area contributed by atoms with E-state index < -0.39 is 0 Å². The molecule has 5 nitrogen and oxygen atoms in total. The van der Waals surface area contributed by atoms with E-state index in [2.05, 4.69) is 10.4 Å². The van der Waals surface area contributed by atoms with Crippen LogP contribution in [0.2, 0.25) is 0 Å². The Bertz CT molecular complexity index is 390. The van der Waals surface area contributed by atoms with Crippen LogP contribution in [0.4, 0.5) is 5.82 Å². The van der Waals surface area contributed by atoms with Crippen LogP contribution in [0.1, 0.15) is 29.9 Å². The molecular weight excluding hydrogens is 204 g/mol. The number of nitrogens with zero attached hydrogens (tertiary/aromatic N) is 2. The lowest BCUT2D eigenvalue weighted by molar-refractivity contribution is 0.0755. The van der Waals surface area contributed by atoms with Gasteiger partial charge in [0.15, 0.2) is 0 Å². The number of hydrazine groups is 1. The molecule has 1 heterocycles. The van der Waals surface area contributed by atoms with Crippen molar-refractivity contribution >= 4 is 11.7 Å². The van der Waals surface area contributed by atoms with Gasteiger partial charge in [0.05, 0.1) is 0 Å². The quantitative estimate of drug-likeness (QED) is 0.594. The van der Waals surface area contributed by atoms with Crippen LogP contribution in [0.3, 0.4) is 0 Å². The molecule has 0 atom stereocenters. The van der Waals surface area contributed by atoms with E-state index in [1.807, 2.05) is 20.8 Å². The van der Waals surface area contributed by atoms with E-state index in [1.165, 1.54) is 0 Å². The fraction of sp³-hybridized carbons (Fsp3) is 0.455. The van der Waals surface area contributed by atoms with E-state index in [-0.39, 0.29) is 11.9 Å². The second-order valence-corrected chi connectivity index (χ2v) is 4.04. The zero-order valence-corrected chi connectivity index (χ0v) is 10.1. The summed E-state index contributed by atoms with van der Waals surface area (Å²) in [5.74, 6) is 5.76. The number of anilines is 1. The van der Waals surface area contributed by atoms with Crippen molar-refractivity contribution in [2.45, 2.75) is 26.8 Å². The fourth-order valence-corrected chi connectivity index (χ4v) is 1.30. The van der Waals surface area contributed by atoms with E-state index in [4.69, 9.17) is 5.84 Å². The Kier molecular flexibility index (Phi) is 3.84. The Morgan fingerprint density at radius 3 is 2.62 bits per heavy atom. The summed E-state index contributed by atoms with van der Waals surface area (Å²) in [4.78, 5) is 17.8. The summed E-state index contributed by atoms with van der Waals surface area (Å²) in [6, 6.07) is 3.56. The summed E-state index contributed by atoms with van der Waals surface area (Å²) in [5, 5.41) is 0. The van der Waals surface area contributed by atoms with Crippen LogP contribution in [-0.2, 0) is 0 Å². The van der Waals surface area contributed by atoms with Crippen molar-refractivity contribution in [1.82, 2.24) is 9.88 Å². The highest BCUT2D eigenvalue weighted by Gasteiger charge is 2.15. The number of carbonyl (C=O) groups is 1. The van der Waals surface area contributed by atoms with Crippen LogP contribution in [0.25, 0.3) is 0 Å². The molecule has 0 aliphatic carbocycles. The summed E-state index contributed by atoms with van der Waals surface area (Å²) in [7, 11) is 1.78. The number of carbonyl (C=O) groups excluding carboxylic acids is 1. The number of nitrogen functional groups attached to an aromatic ring is 1. The second kappa shape index (κ2) is 4.94. The molecule has 0 bridgehead atoms. The number of nitrogens with one attached hydrogen (secondary N) is 1. The maximum atomic E-state index is 12.0. The minimum absolute atomic E-state index is 0.0306. The number of hydrogen-bond acceptors (Lipinski definition) is 4. The van der Waals surface area contributed by atoms with Gasteiger partial charge in [-0.25, -0.2) is 10.8 Å². The molecule has 0 aliphatic heterocycles. The number of rotatable bonds is 3. The average Bonchev–Trinajstić information content (AvgIpc) is 2.25. The molecule has 88 valence electrons. The Hall–Kier alpha value is -1.62.